The Kier molecular flexibility index (Phi) is 6.48. The molecule has 8 heteroatoms. The first-order valence-electron chi connectivity index (χ1n) is 10.8. The Hall–Kier alpha value is -2.90. The lowest BCUT2D eigenvalue weighted by atomic mass is 9.93. The van der Waals surface area contributed by atoms with Gasteiger partial charge in [-0.3, -0.25) is 14.4 Å². The van der Waals surface area contributed by atoms with E-state index in [-0.39, 0.29) is 30.4 Å². The average Bonchev–Trinajstić information content (AvgIpc) is 3.27. The van der Waals surface area contributed by atoms with Crippen molar-refractivity contribution in [1.29, 1.82) is 0 Å². The smallest absolute Gasteiger partial charge is 0.255 e. The molecule has 1 saturated heterocycles. The zero-order valence-corrected chi connectivity index (χ0v) is 18.7. The summed E-state index contributed by atoms with van der Waals surface area (Å²) in [6, 6.07) is 10.3. The van der Waals surface area contributed by atoms with Gasteiger partial charge in [0.1, 0.15) is 0 Å². The number of rotatable bonds is 4. The third-order valence-electron chi connectivity index (χ3n) is 6.16. The Bertz CT molecular complexity index is 1070. The normalized spacial score (nSPS) is 17.8. The van der Waals surface area contributed by atoms with Gasteiger partial charge in [-0.05, 0) is 54.7 Å². The molecule has 2 N–H and O–H groups in total. The molecule has 168 valence electrons. The van der Waals surface area contributed by atoms with Gasteiger partial charge in [0.25, 0.3) is 11.8 Å². The first-order valence-corrected chi connectivity index (χ1v) is 11.2. The van der Waals surface area contributed by atoms with Crippen LogP contribution < -0.4 is 5.32 Å². The van der Waals surface area contributed by atoms with Crippen molar-refractivity contribution in [3.63, 3.8) is 0 Å². The van der Waals surface area contributed by atoms with Crippen molar-refractivity contribution in [2.45, 2.75) is 38.8 Å². The predicted molar refractivity (Wildman–Crippen MR) is 122 cm³/mol. The quantitative estimate of drug-likeness (QED) is 0.741. The van der Waals surface area contributed by atoms with Gasteiger partial charge in [-0.25, -0.2) is 0 Å². The van der Waals surface area contributed by atoms with Gasteiger partial charge in [-0.15, -0.1) is 0 Å². The largest absolute Gasteiger partial charge is 0.394 e. The summed E-state index contributed by atoms with van der Waals surface area (Å²) in [7, 11) is 0. The molecule has 32 heavy (non-hydrogen) atoms. The number of likely N-dealkylation sites (tertiary alicyclic amines) is 1. The number of carbonyl (C=O) groups is 3. The van der Waals surface area contributed by atoms with Crippen molar-refractivity contribution in [3.8, 4) is 0 Å². The van der Waals surface area contributed by atoms with Crippen LogP contribution >= 0.6 is 11.6 Å². The number of anilines is 1. The number of nitrogens with one attached hydrogen (secondary N) is 1. The molecule has 7 nitrogen and oxygen atoms in total. The topological polar surface area (TPSA) is 90.0 Å². The number of aliphatic hydroxyl groups excluding tert-OH is 1. The summed E-state index contributed by atoms with van der Waals surface area (Å²) in [6.07, 6.45) is 2.30. The fraction of sp³-hybridized carbons (Fsp3) is 0.375. The maximum Gasteiger partial charge on any atom is 0.255 e. The van der Waals surface area contributed by atoms with E-state index in [1.165, 1.54) is 6.92 Å². The Morgan fingerprint density at radius 2 is 1.94 bits per heavy atom. The van der Waals surface area contributed by atoms with Crippen molar-refractivity contribution in [3.05, 3.63) is 63.7 Å². The molecule has 0 spiro atoms. The molecule has 2 aliphatic heterocycles. The van der Waals surface area contributed by atoms with Crippen LogP contribution in [0.3, 0.4) is 0 Å². The molecule has 1 fully saturated rings. The van der Waals surface area contributed by atoms with E-state index in [0.717, 1.165) is 24.0 Å². The summed E-state index contributed by atoms with van der Waals surface area (Å²) < 4.78 is 0. The van der Waals surface area contributed by atoms with Crippen LogP contribution in [0.15, 0.2) is 36.4 Å². The predicted octanol–water partition coefficient (Wildman–Crippen LogP) is 3.09. The van der Waals surface area contributed by atoms with Gasteiger partial charge in [0.05, 0.1) is 23.2 Å². The minimum Gasteiger partial charge on any atom is -0.394 e. The minimum absolute atomic E-state index is 0.0471. The maximum absolute atomic E-state index is 13.3. The number of carbonyl (C=O) groups excluding carboxylic acids is 3. The highest BCUT2D eigenvalue weighted by molar-refractivity contribution is 6.34. The second kappa shape index (κ2) is 9.30. The van der Waals surface area contributed by atoms with Crippen LogP contribution in [0.2, 0.25) is 5.02 Å². The molecule has 0 bridgehead atoms. The highest BCUT2D eigenvalue weighted by atomic mass is 35.5. The third kappa shape index (κ3) is 4.36. The molecule has 0 saturated carbocycles. The zero-order chi connectivity index (χ0) is 22.8. The third-order valence-corrected chi connectivity index (χ3v) is 6.49. The highest BCUT2D eigenvalue weighted by Crippen LogP contribution is 2.29. The summed E-state index contributed by atoms with van der Waals surface area (Å²) >= 11 is 6.30. The van der Waals surface area contributed by atoms with Gasteiger partial charge in [-0.2, -0.15) is 0 Å². The van der Waals surface area contributed by atoms with Crippen molar-refractivity contribution in [1.82, 2.24) is 9.80 Å². The molecule has 0 aromatic heterocycles. The van der Waals surface area contributed by atoms with Crippen LogP contribution in [-0.4, -0.2) is 58.4 Å². The number of hydrogen-bond donors (Lipinski definition) is 2. The van der Waals surface area contributed by atoms with E-state index < -0.39 is 0 Å². The van der Waals surface area contributed by atoms with E-state index in [4.69, 9.17) is 11.6 Å². The maximum atomic E-state index is 13.3. The molecular weight excluding hydrogens is 430 g/mol. The number of hydrogen-bond acceptors (Lipinski definition) is 4. The summed E-state index contributed by atoms with van der Waals surface area (Å²) in [5.41, 5.74) is 3.29. The fourth-order valence-corrected chi connectivity index (χ4v) is 4.74. The highest BCUT2D eigenvalue weighted by Gasteiger charge is 2.32. The average molecular weight is 456 g/mol. The van der Waals surface area contributed by atoms with Crippen molar-refractivity contribution >= 4 is 35.0 Å². The molecule has 1 unspecified atom stereocenters. The lowest BCUT2D eigenvalue weighted by Crippen LogP contribution is -2.40. The van der Waals surface area contributed by atoms with Gasteiger partial charge in [0, 0.05) is 37.8 Å². The number of halogens is 1. The zero-order valence-electron chi connectivity index (χ0n) is 17.9. The molecule has 2 aliphatic rings. The van der Waals surface area contributed by atoms with E-state index in [9.17, 15) is 19.5 Å². The lowest BCUT2D eigenvalue weighted by molar-refractivity contribution is -0.114. The monoisotopic (exact) mass is 455 g/mol. The van der Waals surface area contributed by atoms with Crippen molar-refractivity contribution in [2.24, 2.45) is 0 Å². The molecule has 4 rings (SSSR count). The molecule has 0 aliphatic carbocycles. The Labute approximate surface area is 192 Å². The molecule has 0 radical (unpaired) electrons. The van der Waals surface area contributed by atoms with E-state index in [2.05, 4.69) is 5.32 Å². The molecule has 2 heterocycles. The van der Waals surface area contributed by atoms with Crippen molar-refractivity contribution < 1.29 is 19.5 Å². The Morgan fingerprint density at radius 3 is 2.69 bits per heavy atom. The molecular formula is C24H26ClN3O4. The van der Waals surface area contributed by atoms with E-state index in [0.29, 0.717) is 47.9 Å². The number of amides is 3. The first-order chi connectivity index (χ1) is 15.4. The fourth-order valence-electron chi connectivity index (χ4n) is 4.54. The van der Waals surface area contributed by atoms with Crippen molar-refractivity contribution in [2.75, 3.05) is 25.0 Å². The Balaban J connectivity index is 1.61. The van der Waals surface area contributed by atoms with Gasteiger partial charge in [0.2, 0.25) is 5.91 Å². The van der Waals surface area contributed by atoms with E-state index in [1.807, 2.05) is 12.1 Å². The van der Waals surface area contributed by atoms with Crippen LogP contribution in [0, 0.1) is 0 Å². The lowest BCUT2D eigenvalue weighted by Gasteiger charge is -2.32. The van der Waals surface area contributed by atoms with E-state index >= 15 is 0 Å². The molecule has 2 aromatic carbocycles. The van der Waals surface area contributed by atoms with Gasteiger partial charge >= 0.3 is 0 Å². The first kappa shape index (κ1) is 22.3. The number of fused-ring (bicyclic) bond motifs is 1. The second-order valence-corrected chi connectivity index (χ2v) is 8.68. The minimum atomic E-state index is -0.246. The van der Waals surface area contributed by atoms with Gasteiger partial charge in [-0.1, -0.05) is 23.7 Å². The van der Waals surface area contributed by atoms with Gasteiger partial charge < -0.3 is 20.2 Å². The summed E-state index contributed by atoms with van der Waals surface area (Å²) in [5, 5.41) is 12.6. The number of aliphatic hydroxyl groups is 1. The summed E-state index contributed by atoms with van der Waals surface area (Å²) in [6.45, 7) is 2.79. The molecule has 2 aromatic rings. The summed E-state index contributed by atoms with van der Waals surface area (Å²) in [4.78, 5) is 41.4. The van der Waals surface area contributed by atoms with Crippen LogP contribution in [0.4, 0.5) is 5.69 Å². The SMILES string of the molecule is CC(=O)Nc1ccc(Cl)c(C(=O)N2CCc3cccc(C(=O)N4CCCC4CO)c3C2)c1. The van der Waals surface area contributed by atoms with Crippen LogP contribution in [-0.2, 0) is 17.8 Å². The number of nitrogens with zero attached hydrogens (tertiary/aromatic N) is 2. The number of benzene rings is 2. The van der Waals surface area contributed by atoms with Crippen LogP contribution in [0.1, 0.15) is 51.6 Å². The van der Waals surface area contributed by atoms with Crippen LogP contribution in [0.25, 0.3) is 0 Å². The van der Waals surface area contributed by atoms with Gasteiger partial charge in [0.15, 0.2) is 0 Å². The van der Waals surface area contributed by atoms with Crippen LogP contribution in [0.5, 0.6) is 0 Å². The molecule has 1 atom stereocenters. The Morgan fingerprint density at radius 1 is 1.12 bits per heavy atom. The molecule has 3 amide bonds. The standard InChI is InChI=1S/C24H26ClN3O4/c1-15(30)26-17-7-8-22(25)20(12-17)23(31)27-11-9-16-4-2-6-19(21(16)13-27)24(32)28-10-3-5-18(28)14-29/h2,4,6-8,12,18,29H,3,5,9-11,13-14H2,1H3,(H,26,30). The summed E-state index contributed by atoms with van der Waals surface area (Å²) in [5.74, 6) is -0.577. The second-order valence-electron chi connectivity index (χ2n) is 8.27. The van der Waals surface area contributed by atoms with E-state index in [1.54, 1.807) is 34.1 Å².